The Labute approximate surface area is 111 Å². The van der Waals surface area contributed by atoms with Crippen molar-refractivity contribution >= 4 is 23.1 Å². The highest BCUT2D eigenvalue weighted by molar-refractivity contribution is 6.30. The molecule has 96 valence electrons. The fraction of sp³-hybridized carbons (Fsp3) is 0.462. The Morgan fingerprint density at radius 2 is 2.28 bits per heavy atom. The first kappa shape index (κ1) is 13.0. The van der Waals surface area contributed by atoms with E-state index in [1.807, 2.05) is 13.0 Å². The smallest absolute Gasteiger partial charge is 0.309 e. The van der Waals surface area contributed by atoms with Crippen molar-refractivity contribution in [3.63, 3.8) is 0 Å². The molecular formula is C13H15ClN2O2. The second-order valence-corrected chi connectivity index (χ2v) is 4.51. The van der Waals surface area contributed by atoms with Crippen molar-refractivity contribution in [3.8, 4) is 0 Å². The second kappa shape index (κ2) is 5.96. The van der Waals surface area contributed by atoms with Crippen LogP contribution in [-0.4, -0.2) is 22.5 Å². The molecule has 18 heavy (non-hydrogen) atoms. The van der Waals surface area contributed by atoms with E-state index in [0.717, 1.165) is 24.1 Å². The van der Waals surface area contributed by atoms with Crippen molar-refractivity contribution < 1.29 is 9.53 Å². The van der Waals surface area contributed by atoms with Gasteiger partial charge in [-0.15, -0.1) is 0 Å². The van der Waals surface area contributed by atoms with Crippen molar-refractivity contribution in [3.05, 3.63) is 29.3 Å². The van der Waals surface area contributed by atoms with Crippen molar-refractivity contribution in [2.45, 2.75) is 26.2 Å². The maximum atomic E-state index is 11.6. The highest BCUT2D eigenvalue weighted by Gasteiger charge is 2.24. The average Bonchev–Trinajstić information content (AvgIpc) is 2.40. The van der Waals surface area contributed by atoms with Crippen molar-refractivity contribution in [1.29, 1.82) is 0 Å². The van der Waals surface area contributed by atoms with Gasteiger partial charge in [0.05, 0.1) is 12.5 Å². The lowest BCUT2D eigenvalue weighted by atomic mass is 9.88. The molecule has 1 atom stereocenters. The first-order valence-corrected chi connectivity index (χ1v) is 6.42. The van der Waals surface area contributed by atoms with E-state index in [-0.39, 0.29) is 11.9 Å². The van der Waals surface area contributed by atoms with Crippen LogP contribution in [0.25, 0.3) is 5.57 Å². The quantitative estimate of drug-likeness (QED) is 0.790. The number of aromatic nitrogens is 2. The number of hydrogen-bond donors (Lipinski definition) is 0. The normalized spacial score (nSPS) is 19.2. The van der Waals surface area contributed by atoms with Crippen molar-refractivity contribution in [2.75, 3.05) is 6.61 Å². The number of carbonyl (C=O) groups excluding carboxylic acids is 1. The molecule has 1 heterocycles. The number of hydrogen-bond acceptors (Lipinski definition) is 4. The van der Waals surface area contributed by atoms with Crippen LogP contribution in [0.3, 0.4) is 0 Å². The highest BCUT2D eigenvalue weighted by Crippen LogP contribution is 2.32. The van der Waals surface area contributed by atoms with Crippen LogP contribution in [0.4, 0.5) is 0 Å². The first-order valence-electron chi connectivity index (χ1n) is 6.05. The zero-order chi connectivity index (χ0) is 13.0. The van der Waals surface area contributed by atoms with E-state index in [1.165, 1.54) is 0 Å². The summed E-state index contributed by atoms with van der Waals surface area (Å²) in [6.45, 7) is 2.25. The van der Waals surface area contributed by atoms with Crippen LogP contribution < -0.4 is 0 Å². The van der Waals surface area contributed by atoms with E-state index in [2.05, 4.69) is 9.97 Å². The summed E-state index contributed by atoms with van der Waals surface area (Å²) < 4.78 is 5.02. The molecule has 0 N–H and O–H groups in total. The van der Waals surface area contributed by atoms with E-state index in [4.69, 9.17) is 16.3 Å². The molecule has 4 nitrogen and oxygen atoms in total. The number of ether oxygens (including phenoxy) is 1. The molecular weight excluding hydrogens is 252 g/mol. The summed E-state index contributed by atoms with van der Waals surface area (Å²) in [6, 6.07) is 0. The molecule has 1 aliphatic carbocycles. The van der Waals surface area contributed by atoms with E-state index >= 15 is 0 Å². The number of nitrogens with zero attached hydrogens (tertiary/aromatic N) is 2. The molecule has 0 bridgehead atoms. The third-order valence-electron chi connectivity index (χ3n) is 2.99. The predicted molar refractivity (Wildman–Crippen MR) is 69.0 cm³/mol. The molecule has 5 heteroatoms. The van der Waals surface area contributed by atoms with Crippen LogP contribution in [-0.2, 0) is 9.53 Å². The molecule has 1 aromatic heterocycles. The SMILES string of the molecule is CCOC(=O)C1CC=C(c2nccnc2Cl)CC1. The van der Waals surface area contributed by atoms with Gasteiger partial charge in [-0.25, -0.2) is 4.98 Å². The van der Waals surface area contributed by atoms with Crippen molar-refractivity contribution in [1.82, 2.24) is 9.97 Å². The van der Waals surface area contributed by atoms with Gasteiger partial charge in [0.1, 0.15) is 5.69 Å². The largest absolute Gasteiger partial charge is 0.466 e. The molecule has 0 fully saturated rings. The summed E-state index contributed by atoms with van der Waals surface area (Å²) >= 11 is 6.00. The summed E-state index contributed by atoms with van der Waals surface area (Å²) in [5.74, 6) is -0.151. The van der Waals surface area contributed by atoms with E-state index in [0.29, 0.717) is 18.2 Å². The van der Waals surface area contributed by atoms with Crippen LogP contribution in [0, 0.1) is 5.92 Å². The zero-order valence-corrected chi connectivity index (χ0v) is 11.0. The van der Waals surface area contributed by atoms with Gasteiger partial charge in [-0.05, 0) is 31.8 Å². The predicted octanol–water partition coefficient (Wildman–Crippen LogP) is 2.88. The summed E-state index contributed by atoms with van der Waals surface area (Å²) in [5, 5.41) is 0.415. The monoisotopic (exact) mass is 266 g/mol. The van der Waals surface area contributed by atoms with Crippen molar-refractivity contribution in [2.24, 2.45) is 5.92 Å². The Bertz CT molecular complexity index is 474. The van der Waals surface area contributed by atoms with Gasteiger partial charge >= 0.3 is 5.97 Å². The van der Waals surface area contributed by atoms with Crippen LogP contribution in [0.5, 0.6) is 0 Å². The molecule has 0 amide bonds. The number of rotatable bonds is 3. The van der Waals surface area contributed by atoms with Gasteiger partial charge in [0, 0.05) is 12.4 Å². The topological polar surface area (TPSA) is 52.1 Å². The number of carbonyl (C=O) groups is 1. The van der Waals surface area contributed by atoms with Crippen LogP contribution >= 0.6 is 11.6 Å². The zero-order valence-electron chi connectivity index (χ0n) is 10.2. The fourth-order valence-corrected chi connectivity index (χ4v) is 2.29. The highest BCUT2D eigenvalue weighted by atomic mass is 35.5. The first-order chi connectivity index (χ1) is 8.72. The molecule has 0 spiro atoms. The summed E-state index contributed by atoms with van der Waals surface area (Å²) in [4.78, 5) is 19.8. The van der Waals surface area contributed by atoms with Crippen LogP contribution in [0.1, 0.15) is 31.9 Å². The Morgan fingerprint density at radius 1 is 1.50 bits per heavy atom. The molecule has 0 aliphatic heterocycles. The van der Waals surface area contributed by atoms with Gasteiger partial charge in [-0.3, -0.25) is 9.78 Å². The third-order valence-corrected chi connectivity index (χ3v) is 3.27. The van der Waals surface area contributed by atoms with Crippen LogP contribution in [0.15, 0.2) is 18.5 Å². The molecule has 1 unspecified atom stereocenters. The molecule has 0 aromatic carbocycles. The average molecular weight is 267 g/mol. The van der Waals surface area contributed by atoms with Crippen LogP contribution in [0.2, 0.25) is 5.15 Å². The molecule has 0 radical (unpaired) electrons. The summed E-state index contributed by atoms with van der Waals surface area (Å²) in [6.07, 6.45) is 7.44. The lowest BCUT2D eigenvalue weighted by molar-refractivity contribution is -0.148. The van der Waals surface area contributed by atoms with Gasteiger partial charge in [-0.1, -0.05) is 17.7 Å². The molecule has 1 aliphatic rings. The van der Waals surface area contributed by atoms with Gasteiger partial charge in [0.15, 0.2) is 5.15 Å². The van der Waals surface area contributed by atoms with Gasteiger partial charge < -0.3 is 4.74 Å². The minimum Gasteiger partial charge on any atom is -0.466 e. The maximum absolute atomic E-state index is 11.6. The summed E-state index contributed by atoms with van der Waals surface area (Å²) in [7, 11) is 0. The molecule has 1 aromatic rings. The Balaban J connectivity index is 2.07. The van der Waals surface area contributed by atoms with Gasteiger partial charge in [0.2, 0.25) is 0 Å². The fourth-order valence-electron chi connectivity index (χ4n) is 2.06. The number of esters is 1. The van der Waals surface area contributed by atoms with Gasteiger partial charge in [-0.2, -0.15) is 0 Å². The minimum absolute atomic E-state index is 0.0378. The van der Waals surface area contributed by atoms with E-state index in [9.17, 15) is 4.79 Å². The molecule has 2 rings (SSSR count). The second-order valence-electron chi connectivity index (χ2n) is 4.15. The lowest BCUT2D eigenvalue weighted by Gasteiger charge is -2.20. The van der Waals surface area contributed by atoms with E-state index in [1.54, 1.807) is 12.4 Å². The maximum Gasteiger partial charge on any atom is 0.309 e. The molecule has 0 saturated heterocycles. The number of allylic oxidation sites excluding steroid dienone is 2. The Morgan fingerprint density at radius 3 is 2.89 bits per heavy atom. The lowest BCUT2D eigenvalue weighted by Crippen LogP contribution is -2.19. The summed E-state index contributed by atoms with van der Waals surface area (Å²) in [5.41, 5.74) is 1.79. The Kier molecular flexibility index (Phi) is 4.31. The number of halogens is 1. The molecule has 0 saturated carbocycles. The minimum atomic E-state index is -0.113. The van der Waals surface area contributed by atoms with E-state index < -0.39 is 0 Å². The Hall–Kier alpha value is -1.42. The standard InChI is InChI=1S/C13H15ClN2O2/c1-2-18-13(17)10-5-3-9(4-6-10)11-12(14)16-8-7-15-11/h3,7-8,10H,2,4-6H2,1H3. The van der Waals surface area contributed by atoms with Gasteiger partial charge in [0.25, 0.3) is 0 Å². The third kappa shape index (κ3) is 2.88.